The summed E-state index contributed by atoms with van der Waals surface area (Å²) >= 11 is 0. The molecule has 1 aliphatic rings. The van der Waals surface area contributed by atoms with Gasteiger partial charge in [0.05, 0.1) is 18.1 Å². The molecular formula is C17H17FN6O. The summed E-state index contributed by atoms with van der Waals surface area (Å²) in [4.78, 5) is 24.8. The smallest absolute Gasteiger partial charge is 0.242 e. The number of nitrogens with zero attached hydrogens (tertiary/aromatic N) is 6. The minimum absolute atomic E-state index is 0.0197. The SMILES string of the molecule is Cn1ncc2c(N3CCN(Cc4ccc(F)cc4)C(=O)C3)ncnc21. The maximum Gasteiger partial charge on any atom is 0.242 e. The van der Waals surface area contributed by atoms with E-state index in [1.165, 1.54) is 18.5 Å². The summed E-state index contributed by atoms with van der Waals surface area (Å²) in [7, 11) is 1.82. The van der Waals surface area contributed by atoms with Gasteiger partial charge in [-0.1, -0.05) is 12.1 Å². The summed E-state index contributed by atoms with van der Waals surface area (Å²) in [5.41, 5.74) is 1.66. The lowest BCUT2D eigenvalue weighted by atomic mass is 10.2. The van der Waals surface area contributed by atoms with Crippen LogP contribution in [-0.2, 0) is 18.4 Å². The number of carbonyl (C=O) groups is 1. The van der Waals surface area contributed by atoms with Gasteiger partial charge < -0.3 is 9.80 Å². The van der Waals surface area contributed by atoms with Gasteiger partial charge in [-0.25, -0.2) is 14.4 Å². The average molecular weight is 340 g/mol. The van der Waals surface area contributed by atoms with Gasteiger partial charge in [0.15, 0.2) is 5.65 Å². The maximum atomic E-state index is 13.0. The van der Waals surface area contributed by atoms with Gasteiger partial charge in [-0.15, -0.1) is 0 Å². The van der Waals surface area contributed by atoms with Crippen molar-refractivity contribution in [2.45, 2.75) is 6.54 Å². The number of aryl methyl sites for hydroxylation is 1. The highest BCUT2D eigenvalue weighted by Crippen LogP contribution is 2.23. The number of piperazine rings is 1. The van der Waals surface area contributed by atoms with Crippen LogP contribution in [0.1, 0.15) is 5.56 Å². The highest BCUT2D eigenvalue weighted by Gasteiger charge is 2.26. The van der Waals surface area contributed by atoms with Crippen molar-refractivity contribution in [3.05, 3.63) is 48.2 Å². The second-order valence-corrected chi connectivity index (χ2v) is 6.07. The third-order valence-electron chi connectivity index (χ3n) is 4.41. The fourth-order valence-electron chi connectivity index (χ4n) is 3.07. The van der Waals surface area contributed by atoms with Crippen molar-refractivity contribution < 1.29 is 9.18 Å². The van der Waals surface area contributed by atoms with E-state index in [0.29, 0.717) is 19.6 Å². The van der Waals surface area contributed by atoms with Crippen molar-refractivity contribution in [2.75, 3.05) is 24.5 Å². The van der Waals surface area contributed by atoms with Crippen LogP contribution in [0.25, 0.3) is 11.0 Å². The van der Waals surface area contributed by atoms with E-state index in [9.17, 15) is 9.18 Å². The van der Waals surface area contributed by atoms with Gasteiger partial charge in [0.2, 0.25) is 5.91 Å². The Hall–Kier alpha value is -3.03. The third-order valence-corrected chi connectivity index (χ3v) is 4.41. The zero-order valence-corrected chi connectivity index (χ0v) is 13.8. The van der Waals surface area contributed by atoms with Gasteiger partial charge in [0, 0.05) is 26.7 Å². The summed E-state index contributed by atoms with van der Waals surface area (Å²) < 4.78 is 14.7. The van der Waals surface area contributed by atoms with Crippen LogP contribution < -0.4 is 4.90 Å². The van der Waals surface area contributed by atoms with Gasteiger partial charge in [0.25, 0.3) is 0 Å². The standard InChI is InChI=1S/C17H17FN6O/c1-22-16-14(8-21-22)17(20-11-19-16)24-7-6-23(15(25)10-24)9-12-2-4-13(18)5-3-12/h2-5,8,11H,6-7,9-10H2,1H3. The molecule has 2 aromatic heterocycles. The largest absolute Gasteiger partial charge is 0.345 e. The molecule has 1 saturated heterocycles. The molecule has 8 heteroatoms. The van der Waals surface area contributed by atoms with Crippen LogP contribution in [0.15, 0.2) is 36.8 Å². The average Bonchev–Trinajstić information content (AvgIpc) is 3.00. The number of anilines is 1. The van der Waals surface area contributed by atoms with E-state index in [0.717, 1.165) is 22.4 Å². The van der Waals surface area contributed by atoms with Crippen LogP contribution in [0, 0.1) is 5.82 Å². The first-order valence-electron chi connectivity index (χ1n) is 8.02. The number of aromatic nitrogens is 4. The molecule has 1 fully saturated rings. The highest BCUT2D eigenvalue weighted by atomic mass is 19.1. The number of benzene rings is 1. The molecule has 0 radical (unpaired) electrons. The molecule has 0 N–H and O–H groups in total. The van der Waals surface area contributed by atoms with E-state index in [1.807, 2.05) is 11.9 Å². The van der Waals surface area contributed by atoms with E-state index in [-0.39, 0.29) is 18.3 Å². The van der Waals surface area contributed by atoms with E-state index in [4.69, 9.17) is 0 Å². The molecular weight excluding hydrogens is 323 g/mol. The molecule has 1 aliphatic heterocycles. The molecule has 0 unspecified atom stereocenters. The third kappa shape index (κ3) is 2.90. The Morgan fingerprint density at radius 3 is 2.72 bits per heavy atom. The molecule has 25 heavy (non-hydrogen) atoms. The number of fused-ring (bicyclic) bond motifs is 1. The summed E-state index contributed by atoms with van der Waals surface area (Å²) in [6, 6.07) is 6.24. The molecule has 3 heterocycles. The second kappa shape index (κ2) is 6.12. The van der Waals surface area contributed by atoms with Gasteiger partial charge >= 0.3 is 0 Å². The monoisotopic (exact) mass is 340 g/mol. The second-order valence-electron chi connectivity index (χ2n) is 6.07. The topological polar surface area (TPSA) is 67.2 Å². The minimum atomic E-state index is -0.274. The zero-order chi connectivity index (χ0) is 17.4. The summed E-state index contributed by atoms with van der Waals surface area (Å²) in [5, 5.41) is 5.05. The van der Waals surface area contributed by atoms with Crippen molar-refractivity contribution in [3.8, 4) is 0 Å². The molecule has 7 nitrogen and oxygen atoms in total. The Balaban J connectivity index is 1.51. The number of amides is 1. The first-order chi connectivity index (χ1) is 12.1. The molecule has 0 atom stereocenters. The normalized spacial score (nSPS) is 15.2. The predicted molar refractivity (Wildman–Crippen MR) is 90.3 cm³/mol. The maximum absolute atomic E-state index is 13.0. The number of hydrogen-bond donors (Lipinski definition) is 0. The Labute approximate surface area is 143 Å². The first-order valence-corrected chi connectivity index (χ1v) is 8.02. The summed E-state index contributed by atoms with van der Waals surface area (Å²) in [5.74, 6) is 0.475. The number of halogens is 1. The molecule has 128 valence electrons. The Kier molecular flexibility index (Phi) is 3.79. The van der Waals surface area contributed by atoms with Gasteiger partial charge in [-0.05, 0) is 17.7 Å². The van der Waals surface area contributed by atoms with Crippen molar-refractivity contribution in [1.82, 2.24) is 24.6 Å². The van der Waals surface area contributed by atoms with E-state index < -0.39 is 0 Å². The molecule has 1 aromatic carbocycles. The van der Waals surface area contributed by atoms with Crippen molar-refractivity contribution in [2.24, 2.45) is 7.05 Å². The van der Waals surface area contributed by atoms with Crippen LogP contribution >= 0.6 is 0 Å². The zero-order valence-electron chi connectivity index (χ0n) is 13.8. The lowest BCUT2D eigenvalue weighted by molar-refractivity contribution is -0.131. The lowest BCUT2D eigenvalue weighted by Crippen LogP contribution is -2.50. The fourth-order valence-corrected chi connectivity index (χ4v) is 3.07. The molecule has 4 rings (SSSR count). The fraction of sp³-hybridized carbons (Fsp3) is 0.294. The number of hydrogen-bond acceptors (Lipinski definition) is 5. The predicted octanol–water partition coefficient (Wildman–Crippen LogP) is 1.35. The van der Waals surface area contributed by atoms with Gasteiger partial charge in [-0.2, -0.15) is 5.10 Å². The number of carbonyl (C=O) groups excluding carboxylic acids is 1. The summed E-state index contributed by atoms with van der Waals surface area (Å²) in [6.45, 7) is 2.00. The van der Waals surface area contributed by atoms with Crippen LogP contribution in [-0.4, -0.2) is 50.2 Å². The van der Waals surface area contributed by atoms with Crippen LogP contribution in [0.4, 0.5) is 10.2 Å². The van der Waals surface area contributed by atoms with E-state index >= 15 is 0 Å². The van der Waals surface area contributed by atoms with Gasteiger partial charge in [-0.3, -0.25) is 9.48 Å². The van der Waals surface area contributed by atoms with Crippen LogP contribution in [0.3, 0.4) is 0 Å². The van der Waals surface area contributed by atoms with Crippen molar-refractivity contribution in [3.63, 3.8) is 0 Å². The van der Waals surface area contributed by atoms with E-state index in [1.54, 1.807) is 27.9 Å². The molecule has 0 spiro atoms. The highest BCUT2D eigenvalue weighted by molar-refractivity contribution is 5.90. The van der Waals surface area contributed by atoms with Crippen molar-refractivity contribution >= 4 is 22.8 Å². The van der Waals surface area contributed by atoms with Gasteiger partial charge in [0.1, 0.15) is 18.0 Å². The molecule has 1 amide bonds. The first kappa shape index (κ1) is 15.5. The summed E-state index contributed by atoms with van der Waals surface area (Å²) in [6.07, 6.45) is 3.22. The van der Waals surface area contributed by atoms with Crippen LogP contribution in [0.2, 0.25) is 0 Å². The number of rotatable bonds is 3. The van der Waals surface area contributed by atoms with Crippen LogP contribution in [0.5, 0.6) is 0 Å². The lowest BCUT2D eigenvalue weighted by Gasteiger charge is -2.35. The Bertz CT molecular complexity index is 923. The molecule has 0 saturated carbocycles. The van der Waals surface area contributed by atoms with E-state index in [2.05, 4.69) is 15.1 Å². The molecule has 0 bridgehead atoms. The molecule has 3 aromatic rings. The quantitative estimate of drug-likeness (QED) is 0.720. The molecule has 0 aliphatic carbocycles. The Morgan fingerprint density at radius 2 is 1.96 bits per heavy atom. The Morgan fingerprint density at radius 1 is 1.16 bits per heavy atom. The van der Waals surface area contributed by atoms with Crippen molar-refractivity contribution in [1.29, 1.82) is 0 Å². The minimum Gasteiger partial charge on any atom is -0.345 e.